The van der Waals surface area contributed by atoms with Crippen LogP contribution < -0.4 is 10.9 Å². The molecule has 3 heterocycles. The second-order valence-electron chi connectivity index (χ2n) is 7.50. The minimum absolute atomic E-state index is 0.279. The van der Waals surface area contributed by atoms with Gasteiger partial charge in [-0.3, -0.25) is 14.9 Å². The quantitative estimate of drug-likeness (QED) is 0.655. The van der Waals surface area contributed by atoms with Gasteiger partial charge >= 0.3 is 0 Å². The molecule has 0 aromatic carbocycles. The lowest BCUT2D eigenvalue weighted by molar-refractivity contribution is -0.119. The van der Waals surface area contributed by atoms with E-state index in [0.717, 1.165) is 28.3 Å². The summed E-state index contributed by atoms with van der Waals surface area (Å²) in [6.07, 6.45) is 6.39. The fourth-order valence-electron chi connectivity index (χ4n) is 3.84. The minimum Gasteiger partial charge on any atom is -0.299 e. The van der Waals surface area contributed by atoms with E-state index in [1.54, 1.807) is 0 Å². The van der Waals surface area contributed by atoms with Gasteiger partial charge in [0, 0.05) is 10.8 Å². The lowest BCUT2D eigenvalue weighted by Crippen LogP contribution is -2.35. The third kappa shape index (κ3) is 3.83. The molecule has 1 unspecified atom stereocenters. The normalized spacial score (nSPS) is 16.2. The number of rotatable bonds is 5. The van der Waals surface area contributed by atoms with Crippen LogP contribution in [0.4, 0.5) is 5.13 Å². The van der Waals surface area contributed by atoms with Crippen LogP contribution in [0.1, 0.15) is 72.9 Å². The molecule has 29 heavy (non-hydrogen) atoms. The maximum Gasteiger partial charge on any atom is 0.279 e. The first kappa shape index (κ1) is 20.1. The lowest BCUT2D eigenvalue weighted by atomic mass is 9.90. The summed E-state index contributed by atoms with van der Waals surface area (Å²) in [4.78, 5) is 27.5. The summed E-state index contributed by atoms with van der Waals surface area (Å²) in [6, 6.07) is -0.749. The number of thiophene rings is 1. The fraction of sp³-hybridized carbons (Fsp3) is 0.579. The van der Waals surface area contributed by atoms with E-state index in [2.05, 4.69) is 25.8 Å². The Balaban J connectivity index is 1.57. The molecule has 154 valence electrons. The Kier molecular flexibility index (Phi) is 5.73. The number of aromatic nitrogens is 5. The van der Waals surface area contributed by atoms with Gasteiger partial charge in [0.15, 0.2) is 4.83 Å². The van der Waals surface area contributed by atoms with Crippen molar-refractivity contribution in [3.63, 3.8) is 0 Å². The molecule has 4 rings (SSSR count). The lowest BCUT2D eigenvalue weighted by Gasteiger charge is -2.18. The number of carbonyl (C=O) groups excluding carboxylic acids is 1. The van der Waals surface area contributed by atoms with E-state index >= 15 is 0 Å². The smallest absolute Gasteiger partial charge is 0.279 e. The van der Waals surface area contributed by atoms with Crippen LogP contribution >= 0.6 is 22.7 Å². The zero-order valence-corrected chi connectivity index (χ0v) is 18.4. The number of nitrogens with zero attached hydrogens (tertiary/aromatic N) is 5. The summed E-state index contributed by atoms with van der Waals surface area (Å²) in [6.45, 7) is 5.70. The second-order valence-corrected chi connectivity index (χ2v) is 9.71. The van der Waals surface area contributed by atoms with Crippen LogP contribution in [0, 0.1) is 13.8 Å². The van der Waals surface area contributed by atoms with Crippen LogP contribution in [0.15, 0.2) is 4.79 Å². The highest BCUT2D eigenvalue weighted by Crippen LogP contribution is 2.35. The van der Waals surface area contributed by atoms with Crippen LogP contribution in [0.25, 0.3) is 10.2 Å². The molecule has 1 aliphatic carbocycles. The minimum atomic E-state index is -0.749. The Morgan fingerprint density at radius 3 is 2.66 bits per heavy atom. The third-order valence-corrected chi connectivity index (χ3v) is 7.72. The molecule has 10 heteroatoms. The van der Waals surface area contributed by atoms with Crippen molar-refractivity contribution in [2.45, 2.75) is 71.3 Å². The Bertz CT molecular complexity index is 1100. The van der Waals surface area contributed by atoms with Crippen LogP contribution in [-0.4, -0.2) is 31.1 Å². The summed E-state index contributed by atoms with van der Waals surface area (Å²) in [7, 11) is 0. The first-order chi connectivity index (χ1) is 14.0. The molecule has 1 atom stereocenters. The maximum atomic E-state index is 13.0. The van der Waals surface area contributed by atoms with E-state index in [1.807, 2.05) is 20.8 Å². The van der Waals surface area contributed by atoms with Crippen molar-refractivity contribution in [2.24, 2.45) is 0 Å². The summed E-state index contributed by atoms with van der Waals surface area (Å²) >= 11 is 2.87. The van der Waals surface area contributed by atoms with Crippen molar-refractivity contribution < 1.29 is 4.79 Å². The van der Waals surface area contributed by atoms with E-state index in [-0.39, 0.29) is 11.5 Å². The number of fused-ring (bicyclic) bond motifs is 1. The molecule has 8 nitrogen and oxygen atoms in total. The third-order valence-electron chi connectivity index (χ3n) is 5.63. The van der Waals surface area contributed by atoms with Gasteiger partial charge in [0.1, 0.15) is 11.0 Å². The number of carbonyl (C=O) groups is 1. The van der Waals surface area contributed by atoms with Crippen molar-refractivity contribution in [2.75, 3.05) is 5.32 Å². The number of hydrogen-bond acceptors (Lipinski definition) is 8. The molecule has 1 amide bonds. The zero-order chi connectivity index (χ0) is 20.5. The summed E-state index contributed by atoms with van der Waals surface area (Å²) < 4.78 is 1.19. The molecule has 1 N–H and O–H groups in total. The van der Waals surface area contributed by atoms with Gasteiger partial charge in [-0.05, 0) is 38.7 Å². The van der Waals surface area contributed by atoms with Crippen LogP contribution in [-0.2, 0) is 4.79 Å². The highest BCUT2D eigenvalue weighted by molar-refractivity contribution is 7.18. The van der Waals surface area contributed by atoms with Crippen molar-refractivity contribution in [1.29, 1.82) is 0 Å². The number of nitrogens with one attached hydrogen (secondary N) is 1. The molecule has 0 saturated heterocycles. The van der Waals surface area contributed by atoms with Gasteiger partial charge in [-0.15, -0.1) is 26.6 Å². The zero-order valence-electron chi connectivity index (χ0n) is 16.8. The molecule has 3 aromatic rings. The number of amides is 1. The highest BCUT2D eigenvalue weighted by atomic mass is 32.1. The topological polar surface area (TPSA) is 103 Å². The molecule has 1 fully saturated rings. The summed E-state index contributed by atoms with van der Waals surface area (Å²) in [5.74, 6) is 0.119. The van der Waals surface area contributed by atoms with Crippen molar-refractivity contribution >= 4 is 43.9 Å². The van der Waals surface area contributed by atoms with Gasteiger partial charge in [0.2, 0.25) is 5.13 Å². The van der Waals surface area contributed by atoms with Crippen LogP contribution in [0.3, 0.4) is 0 Å². The largest absolute Gasteiger partial charge is 0.299 e. The molecule has 0 bridgehead atoms. The Hall–Kier alpha value is -2.20. The molecule has 1 saturated carbocycles. The second kappa shape index (κ2) is 8.27. The monoisotopic (exact) mass is 432 g/mol. The first-order valence-electron chi connectivity index (χ1n) is 9.99. The Morgan fingerprint density at radius 1 is 1.17 bits per heavy atom. The molecule has 0 radical (unpaired) electrons. The van der Waals surface area contributed by atoms with Gasteiger partial charge < -0.3 is 0 Å². The Morgan fingerprint density at radius 2 is 1.93 bits per heavy atom. The van der Waals surface area contributed by atoms with Gasteiger partial charge in [-0.25, -0.2) is 0 Å². The van der Waals surface area contributed by atoms with E-state index in [9.17, 15) is 9.59 Å². The number of anilines is 1. The van der Waals surface area contributed by atoms with Crippen LogP contribution in [0.5, 0.6) is 0 Å². The highest BCUT2D eigenvalue weighted by Gasteiger charge is 2.26. The molecule has 3 aromatic heterocycles. The first-order valence-corrected chi connectivity index (χ1v) is 11.6. The van der Waals surface area contributed by atoms with Gasteiger partial charge in [0.25, 0.3) is 11.5 Å². The van der Waals surface area contributed by atoms with Gasteiger partial charge in [-0.2, -0.15) is 4.68 Å². The molecule has 0 spiro atoms. The molecular formula is C19H24N6O2S2. The average molecular weight is 433 g/mol. The fourth-order valence-corrected chi connectivity index (χ4v) is 5.72. The standard InChI is InChI=1S/C19H24N6O2S2/c1-4-13(25-18(27)14-10(2)11(3)28-17(14)22-24-25)15(26)20-19-23-21-16(29-19)12-8-6-5-7-9-12/h12-13H,4-9H2,1-3H3,(H,20,23,26). The predicted octanol–water partition coefficient (Wildman–Crippen LogP) is 3.96. The van der Waals surface area contributed by atoms with E-state index < -0.39 is 6.04 Å². The van der Waals surface area contributed by atoms with Crippen molar-refractivity contribution in [3.05, 3.63) is 25.8 Å². The number of hydrogen-bond donors (Lipinski definition) is 1. The Labute approximate surface area is 176 Å². The van der Waals surface area contributed by atoms with Crippen molar-refractivity contribution in [1.82, 2.24) is 25.2 Å². The van der Waals surface area contributed by atoms with Gasteiger partial charge in [-0.1, -0.05) is 42.7 Å². The summed E-state index contributed by atoms with van der Waals surface area (Å²) in [5.41, 5.74) is 0.620. The maximum absolute atomic E-state index is 13.0. The number of aryl methyl sites for hydroxylation is 2. The average Bonchev–Trinajstić information content (AvgIpc) is 3.30. The van der Waals surface area contributed by atoms with Gasteiger partial charge in [0.05, 0.1) is 5.39 Å². The molecule has 0 aliphatic heterocycles. The van der Waals surface area contributed by atoms with Crippen LogP contribution in [0.2, 0.25) is 0 Å². The van der Waals surface area contributed by atoms with E-state index in [0.29, 0.717) is 27.7 Å². The van der Waals surface area contributed by atoms with E-state index in [4.69, 9.17) is 0 Å². The van der Waals surface area contributed by atoms with E-state index in [1.165, 1.54) is 46.6 Å². The van der Waals surface area contributed by atoms with Crippen molar-refractivity contribution in [3.8, 4) is 0 Å². The molecular weight excluding hydrogens is 408 g/mol. The predicted molar refractivity (Wildman–Crippen MR) is 115 cm³/mol. The SMILES string of the molecule is CCC(C(=O)Nc1nnc(C2CCCCC2)s1)n1nnc2sc(C)c(C)c2c1=O. The summed E-state index contributed by atoms with van der Waals surface area (Å²) in [5, 5.41) is 21.5. The molecule has 1 aliphatic rings.